The predicted molar refractivity (Wildman–Crippen MR) is 88.4 cm³/mol. The molecule has 1 N–H and O–H groups in total. The maximum atomic E-state index is 12.6. The second kappa shape index (κ2) is 7.63. The third kappa shape index (κ3) is 4.23. The normalized spacial score (nSPS) is 19.6. The van der Waals surface area contributed by atoms with Gasteiger partial charge < -0.3 is 10.2 Å². The zero-order chi connectivity index (χ0) is 16.1. The van der Waals surface area contributed by atoms with Gasteiger partial charge in [0.2, 0.25) is 0 Å². The van der Waals surface area contributed by atoms with Gasteiger partial charge in [-0.05, 0) is 50.5 Å². The van der Waals surface area contributed by atoms with E-state index in [1.165, 1.54) is 0 Å². The summed E-state index contributed by atoms with van der Waals surface area (Å²) in [6, 6.07) is 7.05. The summed E-state index contributed by atoms with van der Waals surface area (Å²) in [5.41, 5.74) is 0.665. The molecule has 1 aromatic rings. The van der Waals surface area contributed by atoms with Gasteiger partial charge in [-0.2, -0.15) is 0 Å². The SMILES string of the molecule is CCC(C)NC(=O)N1CCCC(C(=O)c2ccc(Cl)cc2)C1. The number of likely N-dealkylation sites (tertiary alicyclic amines) is 1. The summed E-state index contributed by atoms with van der Waals surface area (Å²) in [7, 11) is 0. The Bertz CT molecular complexity index is 530. The molecule has 2 atom stereocenters. The number of nitrogens with zero attached hydrogens (tertiary/aromatic N) is 1. The van der Waals surface area contributed by atoms with Gasteiger partial charge in [0.25, 0.3) is 0 Å². The summed E-state index contributed by atoms with van der Waals surface area (Å²) in [6.45, 7) is 5.22. The number of hydrogen-bond donors (Lipinski definition) is 1. The van der Waals surface area contributed by atoms with Crippen molar-refractivity contribution in [1.29, 1.82) is 0 Å². The molecule has 0 spiro atoms. The van der Waals surface area contributed by atoms with Crippen LogP contribution in [0.15, 0.2) is 24.3 Å². The van der Waals surface area contributed by atoms with Crippen molar-refractivity contribution in [3.63, 3.8) is 0 Å². The minimum absolute atomic E-state index is 0.0667. The molecule has 4 nitrogen and oxygen atoms in total. The summed E-state index contributed by atoms with van der Waals surface area (Å²) in [6.07, 6.45) is 2.58. The highest BCUT2D eigenvalue weighted by Gasteiger charge is 2.29. The van der Waals surface area contributed by atoms with Gasteiger partial charge in [0.15, 0.2) is 5.78 Å². The highest BCUT2D eigenvalue weighted by atomic mass is 35.5. The molecule has 2 rings (SSSR count). The first-order valence-electron chi connectivity index (χ1n) is 7.86. The highest BCUT2D eigenvalue weighted by Crippen LogP contribution is 2.22. The van der Waals surface area contributed by atoms with Crippen LogP contribution in [0.3, 0.4) is 0 Å². The second-order valence-electron chi connectivity index (χ2n) is 5.92. The Morgan fingerprint density at radius 1 is 1.36 bits per heavy atom. The average Bonchev–Trinajstić information content (AvgIpc) is 2.54. The number of benzene rings is 1. The quantitative estimate of drug-likeness (QED) is 0.858. The van der Waals surface area contributed by atoms with Crippen LogP contribution < -0.4 is 5.32 Å². The van der Waals surface area contributed by atoms with Gasteiger partial charge in [0, 0.05) is 35.6 Å². The number of piperidine rings is 1. The number of carbonyl (C=O) groups is 2. The minimum Gasteiger partial charge on any atom is -0.336 e. The number of rotatable bonds is 4. The Morgan fingerprint density at radius 2 is 2.05 bits per heavy atom. The summed E-state index contributed by atoms with van der Waals surface area (Å²) < 4.78 is 0. The third-order valence-corrected chi connectivity index (χ3v) is 4.44. The largest absolute Gasteiger partial charge is 0.336 e. The molecule has 1 heterocycles. The summed E-state index contributed by atoms with van der Waals surface area (Å²) in [5.74, 6) is -0.0321. The van der Waals surface area contributed by atoms with Crippen LogP contribution in [0.25, 0.3) is 0 Å². The van der Waals surface area contributed by atoms with Crippen LogP contribution in [0, 0.1) is 5.92 Å². The first-order valence-corrected chi connectivity index (χ1v) is 8.24. The Labute approximate surface area is 136 Å². The van der Waals surface area contributed by atoms with Crippen LogP contribution in [0.5, 0.6) is 0 Å². The van der Waals surface area contributed by atoms with Crippen LogP contribution >= 0.6 is 11.6 Å². The average molecular weight is 323 g/mol. The van der Waals surface area contributed by atoms with Crippen molar-refractivity contribution in [2.75, 3.05) is 13.1 Å². The van der Waals surface area contributed by atoms with Gasteiger partial charge in [0.1, 0.15) is 0 Å². The molecule has 5 heteroatoms. The van der Waals surface area contributed by atoms with Gasteiger partial charge in [-0.25, -0.2) is 4.79 Å². The molecule has 22 heavy (non-hydrogen) atoms. The summed E-state index contributed by atoms with van der Waals surface area (Å²) in [5, 5.41) is 3.58. The molecule has 0 aliphatic carbocycles. The van der Waals surface area contributed by atoms with E-state index in [9.17, 15) is 9.59 Å². The number of urea groups is 1. The molecule has 0 aromatic heterocycles. The Balaban J connectivity index is 1.99. The zero-order valence-electron chi connectivity index (χ0n) is 13.1. The van der Waals surface area contributed by atoms with Crippen molar-refractivity contribution in [3.8, 4) is 0 Å². The molecule has 1 aliphatic rings. The van der Waals surface area contributed by atoms with E-state index in [1.807, 2.05) is 13.8 Å². The van der Waals surface area contributed by atoms with E-state index in [-0.39, 0.29) is 23.8 Å². The van der Waals surface area contributed by atoms with Crippen molar-refractivity contribution < 1.29 is 9.59 Å². The number of carbonyl (C=O) groups excluding carboxylic acids is 2. The number of halogens is 1. The van der Waals surface area contributed by atoms with Crippen molar-refractivity contribution in [2.24, 2.45) is 5.92 Å². The van der Waals surface area contributed by atoms with Crippen molar-refractivity contribution in [1.82, 2.24) is 10.2 Å². The van der Waals surface area contributed by atoms with Crippen LogP contribution in [0.4, 0.5) is 4.79 Å². The van der Waals surface area contributed by atoms with E-state index in [1.54, 1.807) is 29.2 Å². The fourth-order valence-corrected chi connectivity index (χ4v) is 2.76. The van der Waals surface area contributed by atoms with E-state index >= 15 is 0 Å². The lowest BCUT2D eigenvalue weighted by molar-refractivity contribution is 0.0844. The monoisotopic (exact) mass is 322 g/mol. The third-order valence-electron chi connectivity index (χ3n) is 4.19. The minimum atomic E-state index is -0.127. The number of ketones is 1. The molecule has 0 bridgehead atoms. The number of Topliss-reactive ketones (excluding diaryl/α,β-unsaturated/α-hetero) is 1. The number of hydrogen-bond acceptors (Lipinski definition) is 2. The molecular formula is C17H23ClN2O2. The molecule has 2 amide bonds. The van der Waals surface area contributed by atoms with Gasteiger partial charge in [-0.3, -0.25) is 4.79 Å². The molecule has 0 saturated carbocycles. The maximum absolute atomic E-state index is 12.6. The molecule has 2 unspecified atom stereocenters. The molecule has 1 aliphatic heterocycles. The second-order valence-corrected chi connectivity index (χ2v) is 6.35. The summed E-state index contributed by atoms with van der Waals surface area (Å²) in [4.78, 5) is 26.5. The lowest BCUT2D eigenvalue weighted by atomic mass is 9.90. The highest BCUT2D eigenvalue weighted by molar-refractivity contribution is 6.30. The van der Waals surface area contributed by atoms with Gasteiger partial charge in [0.05, 0.1) is 0 Å². The summed E-state index contributed by atoms with van der Waals surface area (Å²) >= 11 is 5.86. The van der Waals surface area contributed by atoms with Gasteiger partial charge >= 0.3 is 6.03 Å². The van der Waals surface area contributed by atoms with Crippen molar-refractivity contribution >= 4 is 23.4 Å². The molecule has 1 saturated heterocycles. The number of amides is 2. The lowest BCUT2D eigenvalue weighted by Gasteiger charge is -2.33. The lowest BCUT2D eigenvalue weighted by Crippen LogP contribution is -2.49. The van der Waals surface area contributed by atoms with Crippen molar-refractivity contribution in [2.45, 2.75) is 39.2 Å². The zero-order valence-corrected chi connectivity index (χ0v) is 13.9. The van der Waals surface area contributed by atoms with Crippen molar-refractivity contribution in [3.05, 3.63) is 34.9 Å². The Morgan fingerprint density at radius 3 is 2.68 bits per heavy atom. The topological polar surface area (TPSA) is 49.4 Å². The predicted octanol–water partition coefficient (Wildman–Crippen LogP) is 3.74. The van der Waals surface area contributed by atoms with Gasteiger partial charge in [-0.1, -0.05) is 18.5 Å². The Kier molecular flexibility index (Phi) is 5.83. The number of nitrogens with one attached hydrogen (secondary N) is 1. The molecule has 120 valence electrons. The first kappa shape index (κ1) is 16.8. The van der Waals surface area contributed by atoms with Crippen LogP contribution in [-0.4, -0.2) is 35.8 Å². The van der Waals surface area contributed by atoms with E-state index in [0.29, 0.717) is 23.7 Å². The molecule has 1 fully saturated rings. The Hall–Kier alpha value is -1.55. The fraction of sp³-hybridized carbons (Fsp3) is 0.529. The smallest absolute Gasteiger partial charge is 0.317 e. The molecule has 0 radical (unpaired) electrons. The van der Waals surface area contributed by atoms with Crippen LogP contribution in [0.2, 0.25) is 5.02 Å². The molecule has 1 aromatic carbocycles. The standard InChI is InChI=1S/C17H23ClN2O2/c1-3-12(2)19-17(22)20-10-4-5-14(11-20)16(21)13-6-8-15(18)9-7-13/h6-9,12,14H,3-5,10-11H2,1-2H3,(H,19,22). The van der Waals surface area contributed by atoms with E-state index in [4.69, 9.17) is 11.6 Å². The van der Waals surface area contributed by atoms with Gasteiger partial charge in [-0.15, -0.1) is 0 Å². The first-order chi connectivity index (χ1) is 10.5. The fourth-order valence-electron chi connectivity index (χ4n) is 2.63. The van der Waals surface area contributed by atoms with Crippen LogP contribution in [0.1, 0.15) is 43.5 Å². The maximum Gasteiger partial charge on any atom is 0.317 e. The van der Waals surface area contributed by atoms with E-state index in [0.717, 1.165) is 19.3 Å². The molecular weight excluding hydrogens is 300 g/mol. The van der Waals surface area contributed by atoms with Crippen LogP contribution in [-0.2, 0) is 0 Å². The van der Waals surface area contributed by atoms with E-state index < -0.39 is 0 Å². The van der Waals surface area contributed by atoms with E-state index in [2.05, 4.69) is 5.32 Å².